The zero-order valence-corrected chi connectivity index (χ0v) is 17.9. The van der Waals surface area contributed by atoms with Crippen molar-refractivity contribution in [1.82, 2.24) is 19.5 Å². The smallest absolute Gasteiger partial charge is 0.306 e. The molecule has 2 N–H and O–H groups in total. The average Bonchev–Trinajstić information content (AvgIpc) is 3.24. The quantitative estimate of drug-likeness (QED) is 0.693. The van der Waals surface area contributed by atoms with Gasteiger partial charge >= 0.3 is 5.97 Å². The normalized spacial score (nSPS) is 32.5. The molecule has 2 aromatic rings. The van der Waals surface area contributed by atoms with Gasteiger partial charge in [0.1, 0.15) is 11.9 Å². The molecule has 0 aromatic carbocycles. The van der Waals surface area contributed by atoms with E-state index in [9.17, 15) is 9.90 Å². The molecular formula is C20H28FN5O5. The molecule has 4 rings (SSSR count). The van der Waals surface area contributed by atoms with E-state index in [1.54, 1.807) is 6.92 Å². The third-order valence-corrected chi connectivity index (χ3v) is 6.56. The second-order valence-electron chi connectivity index (χ2n) is 8.64. The minimum absolute atomic E-state index is 0.205. The second-order valence-corrected chi connectivity index (χ2v) is 8.64. The molecule has 2 saturated heterocycles. The fourth-order valence-electron chi connectivity index (χ4n) is 4.20. The van der Waals surface area contributed by atoms with Crippen molar-refractivity contribution in [2.75, 3.05) is 31.2 Å². The number of aromatic nitrogens is 4. The third-order valence-electron chi connectivity index (χ3n) is 6.56. The van der Waals surface area contributed by atoms with Crippen molar-refractivity contribution < 1.29 is 28.9 Å². The number of halogens is 1. The molecular weight excluding hydrogens is 409 g/mol. The molecule has 4 heterocycles. The molecule has 2 fully saturated rings. The first-order chi connectivity index (χ1) is 14.6. The van der Waals surface area contributed by atoms with Crippen LogP contribution in [-0.2, 0) is 14.3 Å². The molecule has 31 heavy (non-hydrogen) atoms. The van der Waals surface area contributed by atoms with Crippen LogP contribution in [0.4, 0.5) is 10.2 Å². The number of rotatable bonds is 6. The van der Waals surface area contributed by atoms with Gasteiger partial charge in [-0.15, -0.1) is 0 Å². The largest absolute Gasteiger partial charge is 0.481 e. The van der Waals surface area contributed by atoms with Gasteiger partial charge in [0, 0.05) is 13.1 Å². The van der Waals surface area contributed by atoms with E-state index in [0.29, 0.717) is 43.3 Å². The number of morpholine rings is 1. The van der Waals surface area contributed by atoms with Crippen molar-refractivity contribution in [3.05, 3.63) is 12.7 Å². The van der Waals surface area contributed by atoms with Crippen LogP contribution in [0.25, 0.3) is 11.2 Å². The van der Waals surface area contributed by atoms with E-state index in [-0.39, 0.29) is 12.8 Å². The number of carbonyl (C=O) groups is 1. The number of fused-ring (bicyclic) bond motifs is 1. The number of alkyl halides is 1. The van der Waals surface area contributed by atoms with Gasteiger partial charge in [-0.2, -0.15) is 0 Å². The molecule has 0 saturated carbocycles. The molecule has 2 aliphatic heterocycles. The van der Waals surface area contributed by atoms with Gasteiger partial charge in [-0.1, -0.05) is 6.92 Å². The lowest BCUT2D eigenvalue weighted by molar-refractivity contribution is -0.141. The lowest BCUT2D eigenvalue weighted by Crippen LogP contribution is -2.51. The first-order valence-electron chi connectivity index (χ1n) is 10.4. The first kappa shape index (κ1) is 21.8. The standard InChI is InChI=1S/C20H28FN5O5/c1-12(17(27)28)4-5-13-20(3,29)19(2,21)18(31-13)26-11-24-14-15(22-10-23-16(14)26)25-6-8-30-9-7-25/h10-13,18,29H,4-9H2,1-3H3,(H,27,28)/t12?,13-,18-,19+,20+/m1/s1. The molecule has 0 radical (unpaired) electrons. The van der Waals surface area contributed by atoms with E-state index in [1.165, 1.54) is 31.1 Å². The van der Waals surface area contributed by atoms with Gasteiger partial charge in [0.25, 0.3) is 0 Å². The van der Waals surface area contributed by atoms with Gasteiger partial charge in [0.2, 0.25) is 0 Å². The number of ether oxygens (including phenoxy) is 2. The topological polar surface area (TPSA) is 123 Å². The molecule has 11 heteroatoms. The zero-order chi connectivity index (χ0) is 22.4. The number of hydrogen-bond donors (Lipinski definition) is 2. The van der Waals surface area contributed by atoms with Gasteiger partial charge in [-0.25, -0.2) is 19.3 Å². The summed E-state index contributed by atoms with van der Waals surface area (Å²) in [4.78, 5) is 26.3. The minimum Gasteiger partial charge on any atom is -0.481 e. The Morgan fingerprint density at radius 3 is 2.71 bits per heavy atom. The maximum atomic E-state index is 15.9. The van der Waals surface area contributed by atoms with Gasteiger partial charge in [0.05, 0.1) is 31.6 Å². The predicted octanol–water partition coefficient (Wildman–Crippen LogP) is 1.54. The Morgan fingerprint density at radius 2 is 2.03 bits per heavy atom. The van der Waals surface area contributed by atoms with Gasteiger partial charge in [0.15, 0.2) is 28.9 Å². The molecule has 5 atom stereocenters. The van der Waals surface area contributed by atoms with Crippen LogP contribution in [0.5, 0.6) is 0 Å². The van der Waals surface area contributed by atoms with Crippen molar-refractivity contribution in [2.24, 2.45) is 5.92 Å². The highest BCUT2D eigenvalue weighted by molar-refractivity contribution is 5.83. The number of aliphatic carboxylic acids is 1. The Balaban J connectivity index is 1.65. The van der Waals surface area contributed by atoms with Gasteiger partial charge < -0.3 is 24.6 Å². The Morgan fingerprint density at radius 1 is 1.32 bits per heavy atom. The van der Waals surface area contributed by atoms with Crippen LogP contribution in [0, 0.1) is 5.92 Å². The zero-order valence-electron chi connectivity index (χ0n) is 17.9. The maximum Gasteiger partial charge on any atom is 0.306 e. The highest BCUT2D eigenvalue weighted by Crippen LogP contribution is 2.50. The maximum absolute atomic E-state index is 15.9. The van der Waals surface area contributed by atoms with Crippen molar-refractivity contribution in [2.45, 2.75) is 57.2 Å². The molecule has 1 unspecified atom stereocenters. The second kappa shape index (κ2) is 7.95. The molecule has 10 nitrogen and oxygen atoms in total. The van der Waals surface area contributed by atoms with Crippen LogP contribution >= 0.6 is 0 Å². The molecule has 2 aromatic heterocycles. The van der Waals surface area contributed by atoms with Crippen molar-refractivity contribution in [3.8, 4) is 0 Å². The highest BCUT2D eigenvalue weighted by atomic mass is 19.1. The number of hydrogen-bond acceptors (Lipinski definition) is 8. The number of anilines is 1. The van der Waals surface area contributed by atoms with Crippen LogP contribution in [0.15, 0.2) is 12.7 Å². The van der Waals surface area contributed by atoms with Crippen LogP contribution in [0.3, 0.4) is 0 Å². The van der Waals surface area contributed by atoms with Crippen molar-refractivity contribution in [3.63, 3.8) is 0 Å². The summed E-state index contributed by atoms with van der Waals surface area (Å²) in [5, 5.41) is 20.1. The summed E-state index contributed by atoms with van der Waals surface area (Å²) in [6.45, 7) is 6.74. The lowest BCUT2D eigenvalue weighted by atomic mass is 9.82. The summed E-state index contributed by atoms with van der Waals surface area (Å²) < 4.78 is 28.8. The van der Waals surface area contributed by atoms with E-state index in [2.05, 4.69) is 15.0 Å². The van der Waals surface area contributed by atoms with Gasteiger partial charge in [-0.05, 0) is 26.7 Å². The van der Waals surface area contributed by atoms with Crippen LogP contribution in [0.2, 0.25) is 0 Å². The Kier molecular flexibility index (Phi) is 5.61. The predicted molar refractivity (Wildman–Crippen MR) is 108 cm³/mol. The summed E-state index contributed by atoms with van der Waals surface area (Å²) in [5.74, 6) is -0.920. The fourth-order valence-corrected chi connectivity index (χ4v) is 4.20. The van der Waals surface area contributed by atoms with E-state index < -0.39 is 35.5 Å². The molecule has 0 aliphatic carbocycles. The summed E-state index contributed by atoms with van der Waals surface area (Å²) in [6.07, 6.45) is 1.26. The van der Waals surface area contributed by atoms with E-state index >= 15 is 4.39 Å². The average molecular weight is 437 g/mol. The number of imidazole rings is 1. The molecule has 0 spiro atoms. The van der Waals surface area contributed by atoms with E-state index in [4.69, 9.17) is 14.6 Å². The number of nitrogens with zero attached hydrogens (tertiary/aromatic N) is 5. The van der Waals surface area contributed by atoms with Crippen LogP contribution < -0.4 is 4.90 Å². The van der Waals surface area contributed by atoms with Crippen molar-refractivity contribution >= 4 is 23.0 Å². The van der Waals surface area contributed by atoms with Gasteiger partial charge in [-0.3, -0.25) is 9.36 Å². The summed E-state index contributed by atoms with van der Waals surface area (Å²) in [5.41, 5.74) is -3.07. The number of aliphatic hydroxyl groups is 1. The Labute approximate surface area is 179 Å². The summed E-state index contributed by atoms with van der Waals surface area (Å²) >= 11 is 0. The monoisotopic (exact) mass is 437 g/mol. The van der Waals surface area contributed by atoms with Crippen LogP contribution in [-0.4, -0.2) is 79.4 Å². The number of carboxylic acids is 1. The van der Waals surface area contributed by atoms with Crippen LogP contribution in [0.1, 0.15) is 39.8 Å². The van der Waals surface area contributed by atoms with E-state index in [1.807, 2.05) is 4.90 Å². The summed E-state index contributed by atoms with van der Waals surface area (Å²) in [7, 11) is 0. The Hall–Kier alpha value is -2.37. The third kappa shape index (κ3) is 3.64. The molecule has 170 valence electrons. The first-order valence-corrected chi connectivity index (χ1v) is 10.4. The molecule has 0 amide bonds. The number of carboxylic acid groups (broad SMARTS) is 1. The molecule has 2 aliphatic rings. The van der Waals surface area contributed by atoms with Crippen molar-refractivity contribution in [1.29, 1.82) is 0 Å². The highest BCUT2D eigenvalue weighted by Gasteiger charge is 2.63. The fraction of sp³-hybridized carbons (Fsp3) is 0.700. The van der Waals surface area contributed by atoms with E-state index in [0.717, 1.165) is 0 Å². The minimum atomic E-state index is -2.16. The lowest BCUT2D eigenvalue weighted by Gasteiger charge is -2.33. The SMILES string of the molecule is CC(CC[C@H]1O[C@@H](n2cnc3c(N4CCOCC4)ncnc32)[C@](C)(F)[C@@]1(C)O)C(=O)O. The Bertz CT molecular complexity index is 959. The molecule has 0 bridgehead atoms. The summed E-state index contributed by atoms with van der Waals surface area (Å²) in [6, 6.07) is 0.